The summed E-state index contributed by atoms with van der Waals surface area (Å²) in [5.74, 6) is 0.586. The Hall–Kier alpha value is -3.98. The summed E-state index contributed by atoms with van der Waals surface area (Å²) in [6.07, 6.45) is 2.62. The Kier molecular flexibility index (Phi) is 10.3. The molecule has 6 aromatic rings. The molecule has 2 heterocycles. The first kappa shape index (κ1) is 30.0. The molecule has 41 heavy (non-hydrogen) atoms. The van der Waals surface area contributed by atoms with Crippen LogP contribution < -0.4 is 0 Å². The summed E-state index contributed by atoms with van der Waals surface area (Å²) >= 11 is 0. The van der Waals surface area contributed by atoms with Crippen LogP contribution in [0.2, 0.25) is 0 Å². The maximum atomic E-state index is 4.70. The zero-order chi connectivity index (χ0) is 27.9. The van der Waals surface area contributed by atoms with E-state index in [1.54, 1.807) is 6.33 Å². The summed E-state index contributed by atoms with van der Waals surface area (Å²) in [5, 5.41) is 1.17. The number of fused-ring (bicyclic) bond motifs is 1. The number of aromatic nitrogens is 3. The van der Waals surface area contributed by atoms with Crippen molar-refractivity contribution in [1.82, 2.24) is 15.0 Å². The van der Waals surface area contributed by atoms with Crippen LogP contribution in [-0.2, 0) is 26.5 Å². The van der Waals surface area contributed by atoms with Crippen molar-refractivity contribution >= 4 is 10.9 Å². The van der Waals surface area contributed by atoms with Gasteiger partial charge in [0, 0.05) is 25.8 Å². The van der Waals surface area contributed by atoms with Crippen LogP contribution in [0.5, 0.6) is 0 Å². The van der Waals surface area contributed by atoms with E-state index < -0.39 is 0 Å². The normalized spacial score (nSPS) is 10.6. The number of para-hydroxylation sites is 1. The molecule has 0 aliphatic heterocycles. The quantitative estimate of drug-likeness (QED) is 0.168. The number of benzene rings is 4. The molecule has 2 aromatic heterocycles. The molecule has 0 bridgehead atoms. The molecule has 3 nitrogen and oxygen atoms in total. The predicted octanol–water partition coefficient (Wildman–Crippen LogP) is 9.13. The van der Waals surface area contributed by atoms with Gasteiger partial charge in [0.2, 0.25) is 0 Å². The van der Waals surface area contributed by atoms with E-state index in [4.69, 9.17) is 4.98 Å². The fourth-order valence-electron chi connectivity index (χ4n) is 4.75. The third-order valence-electron chi connectivity index (χ3n) is 6.55. The second-order valence-corrected chi connectivity index (χ2v) is 10.5. The Morgan fingerprint density at radius 2 is 1.49 bits per heavy atom. The van der Waals surface area contributed by atoms with Gasteiger partial charge in [-0.3, -0.25) is 9.97 Å². The molecule has 0 amide bonds. The van der Waals surface area contributed by atoms with E-state index in [0.29, 0.717) is 5.92 Å². The molecule has 1 radical (unpaired) electrons. The maximum absolute atomic E-state index is 4.70. The van der Waals surface area contributed by atoms with Gasteiger partial charge in [0.05, 0.1) is 5.52 Å². The van der Waals surface area contributed by atoms with Crippen LogP contribution in [0, 0.1) is 31.9 Å². The van der Waals surface area contributed by atoms with Crippen LogP contribution in [0.1, 0.15) is 30.7 Å². The van der Waals surface area contributed by atoms with Crippen molar-refractivity contribution in [3.05, 3.63) is 138 Å². The van der Waals surface area contributed by atoms with Gasteiger partial charge in [0.15, 0.2) is 0 Å². The topological polar surface area (TPSA) is 38.7 Å². The predicted molar refractivity (Wildman–Crippen MR) is 166 cm³/mol. The van der Waals surface area contributed by atoms with Crippen molar-refractivity contribution in [2.45, 2.75) is 34.1 Å². The number of rotatable bonds is 5. The van der Waals surface area contributed by atoms with Gasteiger partial charge in [0.25, 0.3) is 0 Å². The molecule has 4 aromatic carbocycles. The van der Waals surface area contributed by atoms with Gasteiger partial charge in [-0.05, 0) is 40.7 Å². The number of hydrogen-bond acceptors (Lipinski definition) is 3. The van der Waals surface area contributed by atoms with Gasteiger partial charge in [-0.15, -0.1) is 70.3 Å². The molecule has 0 saturated heterocycles. The molecular formula is C37H33IrN3-2. The second-order valence-electron chi connectivity index (χ2n) is 10.5. The van der Waals surface area contributed by atoms with E-state index in [0.717, 1.165) is 45.7 Å². The van der Waals surface area contributed by atoms with Gasteiger partial charge in [-0.25, -0.2) is 4.98 Å². The fraction of sp³-hybridized carbons (Fsp3) is 0.162. The number of pyridine rings is 1. The number of hydrogen-bond donors (Lipinski definition) is 0. The molecule has 0 unspecified atom stereocenters. The largest absolute Gasteiger partial charge is 0.296 e. The summed E-state index contributed by atoms with van der Waals surface area (Å²) in [5.41, 5.74) is 10.9. The first-order valence-corrected chi connectivity index (χ1v) is 13.7. The van der Waals surface area contributed by atoms with Gasteiger partial charge in [-0.2, -0.15) is 0 Å². The molecule has 0 fully saturated rings. The number of nitrogens with zero attached hydrogens (tertiary/aromatic N) is 3. The van der Waals surface area contributed by atoms with Crippen molar-refractivity contribution in [3.63, 3.8) is 0 Å². The smallest absolute Gasteiger partial charge is 0.105 e. The van der Waals surface area contributed by atoms with Crippen molar-refractivity contribution in [1.29, 1.82) is 0 Å². The third kappa shape index (κ3) is 8.04. The van der Waals surface area contributed by atoms with Gasteiger partial charge in [0.1, 0.15) is 6.33 Å². The van der Waals surface area contributed by atoms with E-state index in [-0.39, 0.29) is 20.1 Å². The Labute approximate surface area is 257 Å². The fourth-order valence-corrected chi connectivity index (χ4v) is 4.75. The van der Waals surface area contributed by atoms with Crippen LogP contribution in [-0.4, -0.2) is 15.0 Å². The summed E-state index contributed by atoms with van der Waals surface area (Å²) in [6.45, 7) is 8.57. The first-order valence-electron chi connectivity index (χ1n) is 13.7. The molecule has 0 spiro atoms. The average molecular weight is 712 g/mol. The van der Waals surface area contributed by atoms with E-state index >= 15 is 0 Å². The summed E-state index contributed by atoms with van der Waals surface area (Å²) in [6, 6.07) is 41.9. The Balaban J connectivity index is 0.000000188. The number of aryl methyl sites for hydroxylation is 2. The monoisotopic (exact) mass is 712 g/mol. The minimum absolute atomic E-state index is 0. The van der Waals surface area contributed by atoms with Crippen LogP contribution in [0.25, 0.3) is 44.5 Å². The third-order valence-corrected chi connectivity index (χ3v) is 6.55. The zero-order valence-electron chi connectivity index (χ0n) is 23.9. The van der Waals surface area contributed by atoms with Gasteiger partial charge in [-0.1, -0.05) is 94.4 Å². The van der Waals surface area contributed by atoms with Crippen LogP contribution in [0.15, 0.2) is 109 Å². The molecule has 0 atom stereocenters. The van der Waals surface area contributed by atoms with E-state index in [1.165, 1.54) is 22.1 Å². The minimum atomic E-state index is 0. The standard InChI is InChI=1S/C20H19N2.C17H14N.Ir/c1-15(2)11-19-13-20(22-14-21-19)18-10-6-9-17(12-18)16-7-4-3-5-8-16;1-12-9-13(2)11-15(10-12)17-8-7-14-5-3-4-6-16(14)18-17;/h3-9,12-15H,11H2,1-2H3;3-10H,1-2H3;/q2*-1;. The zero-order valence-corrected chi connectivity index (χ0v) is 26.2. The van der Waals surface area contributed by atoms with Crippen molar-refractivity contribution in [2.24, 2.45) is 5.92 Å². The Bertz CT molecular complexity index is 1710. The average Bonchev–Trinajstić information content (AvgIpc) is 2.97. The van der Waals surface area contributed by atoms with Gasteiger partial charge >= 0.3 is 0 Å². The van der Waals surface area contributed by atoms with Crippen LogP contribution in [0.4, 0.5) is 0 Å². The van der Waals surface area contributed by atoms with E-state index in [1.807, 2.05) is 30.3 Å². The Morgan fingerprint density at radius 3 is 2.27 bits per heavy atom. The SMILES string of the molecule is CC(C)Cc1cc(-c2[c-]ccc(-c3ccccc3)c2)ncn1.Cc1[c-]c(-c2ccc3ccccc3n2)cc(C)c1.[Ir]. The van der Waals surface area contributed by atoms with Crippen molar-refractivity contribution < 1.29 is 20.1 Å². The second kappa shape index (κ2) is 14.1. The molecular weight excluding hydrogens is 679 g/mol. The molecule has 207 valence electrons. The van der Waals surface area contributed by atoms with Crippen LogP contribution in [0.3, 0.4) is 0 Å². The molecule has 0 aliphatic rings. The molecule has 4 heteroatoms. The maximum Gasteiger partial charge on any atom is 0.105 e. The van der Waals surface area contributed by atoms with Crippen molar-refractivity contribution in [3.8, 4) is 33.6 Å². The van der Waals surface area contributed by atoms with Crippen LogP contribution >= 0.6 is 0 Å². The summed E-state index contributed by atoms with van der Waals surface area (Å²) < 4.78 is 0. The Morgan fingerprint density at radius 1 is 0.707 bits per heavy atom. The molecule has 0 N–H and O–H groups in total. The summed E-state index contributed by atoms with van der Waals surface area (Å²) in [7, 11) is 0. The van der Waals surface area contributed by atoms with E-state index in [9.17, 15) is 0 Å². The first-order chi connectivity index (χ1) is 19.4. The van der Waals surface area contributed by atoms with E-state index in [2.05, 4.69) is 123 Å². The van der Waals surface area contributed by atoms with Crippen molar-refractivity contribution in [2.75, 3.05) is 0 Å². The molecule has 6 rings (SSSR count). The minimum Gasteiger partial charge on any atom is -0.296 e. The van der Waals surface area contributed by atoms with Gasteiger partial charge < -0.3 is 0 Å². The molecule has 0 saturated carbocycles. The molecule has 0 aliphatic carbocycles. The summed E-state index contributed by atoms with van der Waals surface area (Å²) in [4.78, 5) is 13.5.